The molecule has 2 amide bonds. The molecule has 1 saturated heterocycles. The Bertz CT molecular complexity index is 749. The second-order valence-corrected chi connectivity index (χ2v) is 7.37. The lowest BCUT2D eigenvalue weighted by Gasteiger charge is -2.17. The standard InChI is InChI=1S/C20H22N2O3S/c1-2-21-20(24)26-18-12-19(23)22(14-18)13-15-8-10-17(11-9-15)25-16-6-4-3-5-7-16/h3-11,18H,2,12-14H2,1H3,(H,21,24). The Balaban J connectivity index is 1.54. The summed E-state index contributed by atoms with van der Waals surface area (Å²) in [5, 5.41) is 2.72. The van der Waals surface area contributed by atoms with Gasteiger partial charge in [-0.15, -0.1) is 0 Å². The van der Waals surface area contributed by atoms with E-state index in [0.717, 1.165) is 17.1 Å². The van der Waals surface area contributed by atoms with E-state index in [1.165, 1.54) is 11.8 Å². The quantitative estimate of drug-likeness (QED) is 0.834. The molecule has 2 aromatic carbocycles. The van der Waals surface area contributed by atoms with Gasteiger partial charge in [0.15, 0.2) is 0 Å². The Labute approximate surface area is 157 Å². The number of nitrogens with one attached hydrogen (secondary N) is 1. The molecule has 2 aromatic rings. The number of amides is 2. The van der Waals surface area contributed by atoms with Gasteiger partial charge in [-0.2, -0.15) is 0 Å². The van der Waals surface area contributed by atoms with Gasteiger partial charge in [-0.05, 0) is 36.8 Å². The maximum absolute atomic E-state index is 12.2. The summed E-state index contributed by atoms with van der Waals surface area (Å²) in [7, 11) is 0. The molecule has 1 fully saturated rings. The van der Waals surface area contributed by atoms with Crippen LogP contribution in [0.5, 0.6) is 11.5 Å². The summed E-state index contributed by atoms with van der Waals surface area (Å²) in [6, 6.07) is 17.4. The van der Waals surface area contributed by atoms with E-state index in [4.69, 9.17) is 4.74 Å². The summed E-state index contributed by atoms with van der Waals surface area (Å²) in [5.74, 6) is 1.65. The smallest absolute Gasteiger partial charge is 0.279 e. The molecule has 26 heavy (non-hydrogen) atoms. The third kappa shape index (κ3) is 5.02. The van der Waals surface area contributed by atoms with Gasteiger partial charge < -0.3 is 15.0 Å². The fourth-order valence-corrected chi connectivity index (χ4v) is 3.82. The van der Waals surface area contributed by atoms with E-state index in [9.17, 15) is 9.59 Å². The monoisotopic (exact) mass is 370 g/mol. The number of rotatable bonds is 6. The van der Waals surface area contributed by atoms with E-state index in [1.807, 2.05) is 66.4 Å². The highest BCUT2D eigenvalue weighted by Crippen LogP contribution is 2.26. The van der Waals surface area contributed by atoms with Crippen LogP contribution >= 0.6 is 11.8 Å². The zero-order valence-electron chi connectivity index (χ0n) is 14.7. The van der Waals surface area contributed by atoms with E-state index in [0.29, 0.717) is 26.1 Å². The normalized spacial score (nSPS) is 16.6. The lowest BCUT2D eigenvalue weighted by Crippen LogP contribution is -2.26. The average Bonchev–Trinajstić information content (AvgIpc) is 2.96. The minimum Gasteiger partial charge on any atom is -0.457 e. The minimum absolute atomic E-state index is 0.0229. The van der Waals surface area contributed by atoms with Gasteiger partial charge in [0.25, 0.3) is 5.24 Å². The van der Waals surface area contributed by atoms with Gasteiger partial charge in [0, 0.05) is 31.3 Å². The summed E-state index contributed by atoms with van der Waals surface area (Å²) in [5.41, 5.74) is 1.04. The third-order valence-electron chi connectivity index (χ3n) is 4.05. The number of thioether (sulfide) groups is 1. The molecule has 1 aliphatic rings. The van der Waals surface area contributed by atoms with Crippen LogP contribution in [0.15, 0.2) is 54.6 Å². The van der Waals surface area contributed by atoms with Crippen molar-refractivity contribution < 1.29 is 14.3 Å². The van der Waals surface area contributed by atoms with Crippen LogP contribution in [-0.2, 0) is 11.3 Å². The first-order chi connectivity index (χ1) is 12.6. The first-order valence-corrected chi connectivity index (χ1v) is 9.56. The lowest BCUT2D eigenvalue weighted by molar-refractivity contribution is -0.128. The number of benzene rings is 2. The largest absolute Gasteiger partial charge is 0.457 e. The van der Waals surface area contributed by atoms with Crippen LogP contribution < -0.4 is 10.1 Å². The van der Waals surface area contributed by atoms with Gasteiger partial charge in [-0.1, -0.05) is 42.1 Å². The van der Waals surface area contributed by atoms with Gasteiger partial charge in [0.05, 0.1) is 0 Å². The van der Waals surface area contributed by atoms with Crippen molar-refractivity contribution in [2.45, 2.75) is 25.1 Å². The van der Waals surface area contributed by atoms with Crippen molar-refractivity contribution in [1.82, 2.24) is 10.2 Å². The van der Waals surface area contributed by atoms with Crippen LogP contribution in [-0.4, -0.2) is 34.4 Å². The van der Waals surface area contributed by atoms with Crippen molar-refractivity contribution in [3.05, 3.63) is 60.2 Å². The van der Waals surface area contributed by atoms with Crippen LogP contribution in [0.2, 0.25) is 0 Å². The van der Waals surface area contributed by atoms with E-state index in [1.54, 1.807) is 0 Å². The molecule has 1 atom stereocenters. The first kappa shape index (κ1) is 18.3. The Morgan fingerprint density at radius 1 is 1.15 bits per heavy atom. The predicted octanol–water partition coefficient (Wildman–Crippen LogP) is 4.04. The number of carbonyl (C=O) groups excluding carboxylic acids is 2. The minimum atomic E-state index is -0.0606. The molecule has 0 bridgehead atoms. The molecule has 0 spiro atoms. The van der Waals surface area contributed by atoms with Crippen LogP contribution in [0.25, 0.3) is 0 Å². The number of carbonyl (C=O) groups is 2. The number of ether oxygens (including phenoxy) is 1. The van der Waals surface area contributed by atoms with Crippen molar-refractivity contribution in [3.63, 3.8) is 0 Å². The molecule has 6 heteroatoms. The second-order valence-electron chi connectivity index (χ2n) is 6.10. The van der Waals surface area contributed by atoms with E-state index < -0.39 is 0 Å². The average molecular weight is 370 g/mol. The summed E-state index contributed by atoms with van der Waals surface area (Å²) in [6.07, 6.45) is 0.414. The molecule has 136 valence electrons. The van der Waals surface area contributed by atoms with Gasteiger partial charge in [0.1, 0.15) is 11.5 Å². The molecule has 1 N–H and O–H groups in total. The van der Waals surface area contributed by atoms with E-state index in [-0.39, 0.29) is 16.4 Å². The molecular weight excluding hydrogens is 348 g/mol. The number of hydrogen-bond donors (Lipinski definition) is 1. The van der Waals surface area contributed by atoms with E-state index >= 15 is 0 Å². The number of para-hydroxylation sites is 1. The lowest BCUT2D eigenvalue weighted by atomic mass is 10.2. The van der Waals surface area contributed by atoms with Crippen molar-refractivity contribution in [2.75, 3.05) is 13.1 Å². The van der Waals surface area contributed by atoms with Gasteiger partial charge in [-0.3, -0.25) is 9.59 Å². The molecule has 0 aromatic heterocycles. The molecule has 0 aliphatic carbocycles. The molecule has 1 aliphatic heterocycles. The highest BCUT2D eigenvalue weighted by atomic mass is 32.2. The maximum Gasteiger partial charge on any atom is 0.279 e. The third-order valence-corrected chi connectivity index (χ3v) is 5.06. The fourth-order valence-electron chi connectivity index (χ4n) is 2.81. The van der Waals surface area contributed by atoms with Crippen molar-refractivity contribution in [2.24, 2.45) is 0 Å². The Kier molecular flexibility index (Phi) is 6.17. The molecule has 0 radical (unpaired) electrons. The Hall–Kier alpha value is -2.47. The molecule has 3 rings (SSSR count). The zero-order chi connectivity index (χ0) is 18.4. The summed E-state index contributed by atoms with van der Waals surface area (Å²) >= 11 is 1.22. The SMILES string of the molecule is CCNC(=O)SC1CC(=O)N(Cc2ccc(Oc3ccccc3)cc2)C1. The number of likely N-dealkylation sites (tertiary alicyclic amines) is 1. The molecule has 1 heterocycles. The highest BCUT2D eigenvalue weighted by Gasteiger charge is 2.31. The van der Waals surface area contributed by atoms with Crippen LogP contribution in [0, 0.1) is 0 Å². The summed E-state index contributed by atoms with van der Waals surface area (Å²) in [6.45, 7) is 3.64. The topological polar surface area (TPSA) is 58.6 Å². The van der Waals surface area contributed by atoms with Crippen LogP contribution in [0.1, 0.15) is 18.9 Å². The Morgan fingerprint density at radius 2 is 1.85 bits per heavy atom. The molecular formula is C20H22N2O3S. The second kappa shape index (κ2) is 8.76. The molecule has 5 nitrogen and oxygen atoms in total. The van der Waals surface area contributed by atoms with Crippen molar-refractivity contribution in [1.29, 1.82) is 0 Å². The maximum atomic E-state index is 12.2. The summed E-state index contributed by atoms with van der Waals surface area (Å²) < 4.78 is 5.78. The molecule has 0 saturated carbocycles. The number of hydrogen-bond acceptors (Lipinski definition) is 4. The van der Waals surface area contributed by atoms with Crippen LogP contribution in [0.4, 0.5) is 4.79 Å². The summed E-state index contributed by atoms with van der Waals surface area (Å²) in [4.78, 5) is 25.7. The van der Waals surface area contributed by atoms with Crippen molar-refractivity contribution in [3.8, 4) is 11.5 Å². The fraction of sp³-hybridized carbons (Fsp3) is 0.300. The van der Waals surface area contributed by atoms with E-state index in [2.05, 4.69) is 5.32 Å². The van der Waals surface area contributed by atoms with Gasteiger partial charge >= 0.3 is 0 Å². The van der Waals surface area contributed by atoms with Gasteiger partial charge in [-0.25, -0.2) is 0 Å². The predicted molar refractivity (Wildman–Crippen MR) is 103 cm³/mol. The van der Waals surface area contributed by atoms with Crippen molar-refractivity contribution >= 4 is 22.9 Å². The number of nitrogens with zero attached hydrogens (tertiary/aromatic N) is 1. The van der Waals surface area contributed by atoms with Gasteiger partial charge in [0.2, 0.25) is 5.91 Å². The highest BCUT2D eigenvalue weighted by molar-refractivity contribution is 8.14. The van der Waals surface area contributed by atoms with Crippen LogP contribution in [0.3, 0.4) is 0 Å². The molecule has 1 unspecified atom stereocenters. The Morgan fingerprint density at radius 3 is 2.54 bits per heavy atom. The first-order valence-electron chi connectivity index (χ1n) is 8.68. The zero-order valence-corrected chi connectivity index (χ0v) is 15.5.